The quantitative estimate of drug-likeness (QED) is 0.537. The van der Waals surface area contributed by atoms with Gasteiger partial charge in [-0.15, -0.1) is 0 Å². The highest BCUT2D eigenvalue weighted by molar-refractivity contribution is 6.06. The molecule has 130 valence electrons. The fraction of sp³-hybridized carbons (Fsp3) is 0. The smallest absolute Gasteiger partial charge is 0.291 e. The van der Waals surface area contributed by atoms with Gasteiger partial charge < -0.3 is 15.1 Å². The molecule has 26 heavy (non-hydrogen) atoms. The monoisotopic (exact) mass is 351 g/mol. The summed E-state index contributed by atoms with van der Waals surface area (Å²) in [6, 6.07) is 15.0. The fourth-order valence-corrected chi connectivity index (χ4v) is 2.24. The summed E-state index contributed by atoms with van der Waals surface area (Å²) in [5, 5.41) is 16.0. The minimum atomic E-state index is -0.541. The molecule has 2 aromatic carbocycles. The Hall–Kier alpha value is -3.94. The third-order valence-electron chi connectivity index (χ3n) is 3.44. The molecule has 0 aliphatic carbocycles. The number of nitro benzene ring substituents is 1. The van der Waals surface area contributed by atoms with E-state index in [0.29, 0.717) is 11.4 Å². The van der Waals surface area contributed by atoms with Crippen molar-refractivity contribution in [2.24, 2.45) is 0 Å². The second-order valence-electron chi connectivity index (χ2n) is 5.27. The molecule has 1 heterocycles. The number of non-ortho nitro benzene ring substituents is 1. The molecule has 0 unspecified atom stereocenters. The number of nitrogens with zero attached hydrogens (tertiary/aromatic N) is 1. The maximum Gasteiger partial charge on any atom is 0.291 e. The van der Waals surface area contributed by atoms with Crippen LogP contribution in [0.4, 0.5) is 17.1 Å². The lowest BCUT2D eigenvalue weighted by molar-refractivity contribution is -0.384. The molecule has 2 N–H and O–H groups in total. The number of anilines is 2. The summed E-state index contributed by atoms with van der Waals surface area (Å²) in [7, 11) is 0. The van der Waals surface area contributed by atoms with Crippen molar-refractivity contribution < 1.29 is 18.9 Å². The Morgan fingerprint density at radius 3 is 2.27 bits per heavy atom. The molecule has 0 fully saturated rings. The van der Waals surface area contributed by atoms with Crippen LogP contribution in [-0.2, 0) is 0 Å². The Morgan fingerprint density at radius 1 is 0.885 bits per heavy atom. The van der Waals surface area contributed by atoms with Crippen LogP contribution in [0.5, 0.6) is 0 Å². The van der Waals surface area contributed by atoms with Crippen LogP contribution >= 0.6 is 0 Å². The van der Waals surface area contributed by atoms with Crippen molar-refractivity contribution in [3.8, 4) is 0 Å². The molecule has 0 atom stereocenters. The van der Waals surface area contributed by atoms with Gasteiger partial charge in [0.2, 0.25) is 0 Å². The Labute approximate surface area is 147 Å². The lowest BCUT2D eigenvalue weighted by atomic mass is 10.1. The van der Waals surface area contributed by atoms with Gasteiger partial charge in [-0.2, -0.15) is 0 Å². The number of hydrogen-bond acceptors (Lipinski definition) is 5. The second-order valence-corrected chi connectivity index (χ2v) is 5.27. The molecular formula is C18H13N3O5. The number of nitro groups is 1. The average molecular weight is 351 g/mol. The van der Waals surface area contributed by atoms with E-state index < -0.39 is 16.7 Å². The van der Waals surface area contributed by atoms with E-state index >= 15 is 0 Å². The molecular weight excluding hydrogens is 338 g/mol. The lowest BCUT2D eigenvalue weighted by Crippen LogP contribution is -2.14. The van der Waals surface area contributed by atoms with E-state index in [-0.39, 0.29) is 17.0 Å². The average Bonchev–Trinajstić information content (AvgIpc) is 3.17. The predicted octanol–water partition coefficient (Wildman–Crippen LogP) is 3.69. The molecule has 0 aliphatic heterocycles. The van der Waals surface area contributed by atoms with Gasteiger partial charge in [0, 0.05) is 29.1 Å². The van der Waals surface area contributed by atoms with Gasteiger partial charge in [0.15, 0.2) is 5.76 Å². The number of hydrogen-bond donors (Lipinski definition) is 2. The molecule has 3 aromatic rings. The molecule has 0 aliphatic rings. The standard InChI is InChI=1S/C18H13N3O5/c22-17(19-14-6-2-7-15(11-14)21(24)25)12-4-1-5-13(10-12)20-18(23)16-8-3-9-26-16/h1-11H,(H,19,22)(H,20,23). The van der Waals surface area contributed by atoms with E-state index in [2.05, 4.69) is 10.6 Å². The van der Waals surface area contributed by atoms with Gasteiger partial charge in [0.05, 0.1) is 11.2 Å². The minimum Gasteiger partial charge on any atom is -0.459 e. The van der Waals surface area contributed by atoms with Gasteiger partial charge in [-0.1, -0.05) is 12.1 Å². The summed E-state index contributed by atoms with van der Waals surface area (Å²) < 4.78 is 5.01. The van der Waals surface area contributed by atoms with E-state index in [1.54, 1.807) is 30.3 Å². The van der Waals surface area contributed by atoms with Crippen LogP contribution in [0.3, 0.4) is 0 Å². The fourth-order valence-electron chi connectivity index (χ4n) is 2.24. The number of furan rings is 1. The number of carbonyl (C=O) groups is 2. The molecule has 0 bridgehead atoms. The van der Waals surface area contributed by atoms with Crippen molar-refractivity contribution in [1.29, 1.82) is 0 Å². The van der Waals surface area contributed by atoms with E-state index in [4.69, 9.17) is 4.42 Å². The zero-order valence-electron chi connectivity index (χ0n) is 13.3. The van der Waals surface area contributed by atoms with Gasteiger partial charge in [0.25, 0.3) is 17.5 Å². The van der Waals surface area contributed by atoms with Gasteiger partial charge >= 0.3 is 0 Å². The summed E-state index contributed by atoms with van der Waals surface area (Å²) in [6.45, 7) is 0. The van der Waals surface area contributed by atoms with E-state index in [1.807, 2.05) is 0 Å². The van der Waals surface area contributed by atoms with Crippen LogP contribution < -0.4 is 10.6 Å². The Bertz CT molecular complexity index is 966. The first-order valence-corrected chi connectivity index (χ1v) is 7.53. The summed E-state index contributed by atoms with van der Waals surface area (Å²) in [5.74, 6) is -0.748. The molecule has 2 amide bonds. The largest absolute Gasteiger partial charge is 0.459 e. The lowest BCUT2D eigenvalue weighted by Gasteiger charge is -2.08. The third-order valence-corrected chi connectivity index (χ3v) is 3.44. The van der Waals surface area contributed by atoms with Crippen molar-refractivity contribution in [3.05, 3.63) is 88.4 Å². The summed E-state index contributed by atoms with van der Waals surface area (Å²) in [6.07, 6.45) is 1.39. The van der Waals surface area contributed by atoms with Crippen molar-refractivity contribution in [1.82, 2.24) is 0 Å². The molecule has 0 saturated carbocycles. The molecule has 0 radical (unpaired) electrons. The highest BCUT2D eigenvalue weighted by Crippen LogP contribution is 2.19. The van der Waals surface area contributed by atoms with E-state index in [1.165, 1.54) is 36.6 Å². The van der Waals surface area contributed by atoms with Gasteiger partial charge in [-0.3, -0.25) is 19.7 Å². The van der Waals surface area contributed by atoms with E-state index in [9.17, 15) is 19.7 Å². The van der Waals surface area contributed by atoms with Crippen LogP contribution in [-0.4, -0.2) is 16.7 Å². The van der Waals surface area contributed by atoms with Crippen molar-refractivity contribution >= 4 is 28.9 Å². The number of carbonyl (C=O) groups excluding carboxylic acids is 2. The number of rotatable bonds is 5. The molecule has 0 saturated heterocycles. The van der Waals surface area contributed by atoms with Gasteiger partial charge in [-0.25, -0.2) is 0 Å². The normalized spacial score (nSPS) is 10.2. The highest BCUT2D eigenvalue weighted by Gasteiger charge is 2.12. The first-order chi connectivity index (χ1) is 12.5. The minimum absolute atomic E-state index is 0.123. The third kappa shape index (κ3) is 3.93. The SMILES string of the molecule is O=C(Nc1cccc([N+](=O)[O-])c1)c1cccc(NC(=O)c2ccco2)c1. The van der Waals surface area contributed by atoms with Gasteiger partial charge in [-0.05, 0) is 36.4 Å². The number of nitrogens with one attached hydrogen (secondary N) is 2. The maximum atomic E-state index is 12.3. The molecule has 8 heteroatoms. The van der Waals surface area contributed by atoms with Crippen LogP contribution in [0.2, 0.25) is 0 Å². The van der Waals surface area contributed by atoms with Crippen molar-refractivity contribution in [2.75, 3.05) is 10.6 Å². The number of benzene rings is 2. The molecule has 0 spiro atoms. The zero-order valence-corrected chi connectivity index (χ0v) is 13.3. The Morgan fingerprint density at radius 2 is 1.58 bits per heavy atom. The van der Waals surface area contributed by atoms with Gasteiger partial charge in [0.1, 0.15) is 0 Å². The summed E-state index contributed by atoms with van der Waals surface area (Å²) in [4.78, 5) is 34.6. The Balaban J connectivity index is 1.73. The summed E-state index contributed by atoms with van der Waals surface area (Å²) in [5.41, 5.74) is 0.878. The first-order valence-electron chi connectivity index (χ1n) is 7.53. The van der Waals surface area contributed by atoms with Crippen LogP contribution in [0.1, 0.15) is 20.9 Å². The van der Waals surface area contributed by atoms with Crippen LogP contribution in [0.15, 0.2) is 71.3 Å². The Kier molecular flexibility index (Phi) is 4.75. The van der Waals surface area contributed by atoms with Crippen LogP contribution in [0, 0.1) is 10.1 Å². The maximum absolute atomic E-state index is 12.3. The first kappa shape index (κ1) is 16.9. The van der Waals surface area contributed by atoms with Crippen molar-refractivity contribution in [3.63, 3.8) is 0 Å². The topological polar surface area (TPSA) is 114 Å². The second kappa shape index (κ2) is 7.31. The molecule has 3 rings (SSSR count). The highest BCUT2D eigenvalue weighted by atomic mass is 16.6. The number of amides is 2. The predicted molar refractivity (Wildman–Crippen MR) is 94.2 cm³/mol. The van der Waals surface area contributed by atoms with E-state index in [0.717, 1.165) is 0 Å². The van der Waals surface area contributed by atoms with Crippen molar-refractivity contribution in [2.45, 2.75) is 0 Å². The molecule has 8 nitrogen and oxygen atoms in total. The zero-order chi connectivity index (χ0) is 18.5. The molecule has 1 aromatic heterocycles. The van der Waals surface area contributed by atoms with Crippen LogP contribution in [0.25, 0.3) is 0 Å². The summed E-state index contributed by atoms with van der Waals surface area (Å²) >= 11 is 0.